The van der Waals surface area contributed by atoms with E-state index in [0.29, 0.717) is 0 Å². The van der Waals surface area contributed by atoms with Gasteiger partial charge in [-0.3, -0.25) is 4.90 Å². The van der Waals surface area contributed by atoms with Crippen LogP contribution in [0.25, 0.3) is 0 Å². The van der Waals surface area contributed by atoms with Crippen molar-refractivity contribution in [1.82, 2.24) is 10.2 Å². The first kappa shape index (κ1) is 11.9. The lowest BCUT2D eigenvalue weighted by atomic mass is 9.99. The van der Waals surface area contributed by atoms with Crippen LogP contribution in [0, 0.1) is 0 Å². The van der Waals surface area contributed by atoms with E-state index in [4.69, 9.17) is 0 Å². The first-order valence-corrected chi connectivity index (χ1v) is 7.97. The molecule has 0 radical (unpaired) electrons. The number of fused-ring (bicyclic) bond motifs is 1. The van der Waals surface area contributed by atoms with E-state index in [0.717, 1.165) is 24.0 Å². The zero-order valence-corrected chi connectivity index (χ0v) is 11.6. The summed E-state index contributed by atoms with van der Waals surface area (Å²) in [4.78, 5) is 2.72. The molecule has 3 fully saturated rings. The molecule has 0 spiro atoms. The van der Waals surface area contributed by atoms with Gasteiger partial charge < -0.3 is 5.32 Å². The summed E-state index contributed by atoms with van der Waals surface area (Å²) in [6, 6.07) is 13.4. The third-order valence-electron chi connectivity index (χ3n) is 5.30. The van der Waals surface area contributed by atoms with E-state index in [2.05, 4.69) is 40.5 Å². The molecular weight excluding hydrogens is 232 g/mol. The van der Waals surface area contributed by atoms with Gasteiger partial charge in [0.1, 0.15) is 0 Å². The largest absolute Gasteiger partial charge is 0.309 e. The smallest absolute Gasteiger partial charge is 0.0249 e. The Kier molecular flexibility index (Phi) is 3.08. The second-order valence-electron chi connectivity index (χ2n) is 6.52. The lowest BCUT2D eigenvalue weighted by molar-refractivity contribution is 0.180. The van der Waals surface area contributed by atoms with Crippen molar-refractivity contribution in [3.63, 3.8) is 0 Å². The highest BCUT2D eigenvalue weighted by molar-refractivity contribution is 5.28. The third-order valence-corrected chi connectivity index (χ3v) is 5.30. The number of piperidine rings is 1. The van der Waals surface area contributed by atoms with Crippen molar-refractivity contribution in [2.45, 2.75) is 56.1 Å². The topological polar surface area (TPSA) is 15.3 Å². The fraction of sp³-hybridized carbons (Fsp3) is 0.647. The standard InChI is InChI=1S/C17H24N2/c1-2-6-13(7-3-1)14-12-16(14)18-15-9-11-19-10-5-4-8-17(15)19/h1-3,6-7,14-18H,4-5,8-12H2. The molecule has 1 N–H and O–H groups in total. The predicted octanol–water partition coefficient (Wildman–Crippen LogP) is 2.76. The molecule has 2 nitrogen and oxygen atoms in total. The van der Waals surface area contributed by atoms with Gasteiger partial charge in [0.05, 0.1) is 0 Å². The van der Waals surface area contributed by atoms with Crippen LogP contribution in [-0.4, -0.2) is 36.1 Å². The van der Waals surface area contributed by atoms with Crippen molar-refractivity contribution in [1.29, 1.82) is 0 Å². The quantitative estimate of drug-likeness (QED) is 0.894. The van der Waals surface area contributed by atoms with Crippen LogP contribution >= 0.6 is 0 Å². The highest BCUT2D eigenvalue weighted by Crippen LogP contribution is 2.42. The Morgan fingerprint density at radius 1 is 0.947 bits per heavy atom. The molecule has 1 saturated carbocycles. The van der Waals surface area contributed by atoms with Crippen LogP contribution in [-0.2, 0) is 0 Å². The zero-order valence-electron chi connectivity index (χ0n) is 11.6. The minimum atomic E-state index is 0.745. The summed E-state index contributed by atoms with van der Waals surface area (Å²) in [6.45, 7) is 2.67. The Labute approximate surface area is 116 Å². The molecule has 2 saturated heterocycles. The maximum Gasteiger partial charge on any atom is 0.0249 e. The molecule has 4 unspecified atom stereocenters. The van der Waals surface area contributed by atoms with Gasteiger partial charge in [0.15, 0.2) is 0 Å². The van der Waals surface area contributed by atoms with E-state index >= 15 is 0 Å². The summed E-state index contributed by atoms with van der Waals surface area (Å²) < 4.78 is 0. The van der Waals surface area contributed by atoms with E-state index < -0.39 is 0 Å². The number of benzene rings is 1. The molecule has 3 aliphatic rings. The SMILES string of the molecule is c1ccc(C2CC2NC2CCN3CCCCC23)cc1. The van der Waals surface area contributed by atoms with Crippen LogP contribution in [0.3, 0.4) is 0 Å². The monoisotopic (exact) mass is 256 g/mol. The Balaban J connectivity index is 1.36. The predicted molar refractivity (Wildman–Crippen MR) is 78.3 cm³/mol. The van der Waals surface area contributed by atoms with Crippen LogP contribution in [0.1, 0.15) is 43.6 Å². The maximum atomic E-state index is 3.96. The highest BCUT2D eigenvalue weighted by atomic mass is 15.2. The molecule has 2 heteroatoms. The highest BCUT2D eigenvalue weighted by Gasteiger charge is 2.43. The summed E-state index contributed by atoms with van der Waals surface area (Å²) >= 11 is 0. The van der Waals surface area contributed by atoms with Gasteiger partial charge in [-0.2, -0.15) is 0 Å². The first-order chi connectivity index (χ1) is 9.42. The number of nitrogens with zero attached hydrogens (tertiary/aromatic N) is 1. The maximum absolute atomic E-state index is 3.96. The van der Waals surface area contributed by atoms with Crippen LogP contribution in [0.2, 0.25) is 0 Å². The Bertz CT molecular complexity index is 430. The molecule has 4 rings (SSSR count). The van der Waals surface area contributed by atoms with Crippen LogP contribution in [0.5, 0.6) is 0 Å². The molecule has 4 atom stereocenters. The molecule has 2 aliphatic heterocycles. The van der Waals surface area contributed by atoms with E-state index in [1.54, 1.807) is 0 Å². The summed E-state index contributed by atoms with van der Waals surface area (Å²) in [5.41, 5.74) is 1.53. The molecule has 1 aromatic rings. The Morgan fingerprint density at radius 2 is 1.84 bits per heavy atom. The molecular formula is C17H24N2. The van der Waals surface area contributed by atoms with Crippen LogP contribution in [0.4, 0.5) is 0 Å². The van der Waals surface area contributed by atoms with E-state index in [-0.39, 0.29) is 0 Å². The molecule has 102 valence electrons. The van der Waals surface area contributed by atoms with E-state index in [1.807, 2.05) is 0 Å². The normalized spacial score (nSPS) is 38.1. The fourth-order valence-electron chi connectivity index (χ4n) is 4.16. The van der Waals surface area contributed by atoms with Gasteiger partial charge in [-0.15, -0.1) is 0 Å². The number of hydrogen-bond acceptors (Lipinski definition) is 2. The van der Waals surface area contributed by atoms with E-state index in [1.165, 1.54) is 50.8 Å². The van der Waals surface area contributed by atoms with Gasteiger partial charge in [0.25, 0.3) is 0 Å². The van der Waals surface area contributed by atoms with Crippen molar-refractivity contribution >= 4 is 0 Å². The third kappa shape index (κ3) is 2.32. The second kappa shape index (κ2) is 4.92. The number of rotatable bonds is 3. The average molecular weight is 256 g/mol. The van der Waals surface area contributed by atoms with Crippen molar-refractivity contribution in [2.24, 2.45) is 0 Å². The van der Waals surface area contributed by atoms with Gasteiger partial charge in [-0.1, -0.05) is 36.8 Å². The zero-order chi connectivity index (χ0) is 12.7. The van der Waals surface area contributed by atoms with Gasteiger partial charge in [-0.05, 0) is 37.8 Å². The average Bonchev–Trinajstić information content (AvgIpc) is 3.13. The van der Waals surface area contributed by atoms with Gasteiger partial charge >= 0.3 is 0 Å². The molecule has 1 aliphatic carbocycles. The summed E-state index contributed by atoms with van der Waals surface area (Å²) in [7, 11) is 0. The molecule has 0 bridgehead atoms. The molecule has 0 amide bonds. The molecule has 0 aromatic heterocycles. The second-order valence-corrected chi connectivity index (χ2v) is 6.52. The summed E-state index contributed by atoms with van der Waals surface area (Å²) in [5, 5.41) is 3.96. The van der Waals surface area contributed by atoms with Crippen molar-refractivity contribution < 1.29 is 0 Å². The van der Waals surface area contributed by atoms with Gasteiger partial charge in [-0.25, -0.2) is 0 Å². The summed E-state index contributed by atoms with van der Waals surface area (Å²) in [5.74, 6) is 0.777. The van der Waals surface area contributed by atoms with Crippen molar-refractivity contribution in [3.8, 4) is 0 Å². The summed E-state index contributed by atoms with van der Waals surface area (Å²) in [6.07, 6.45) is 6.97. The first-order valence-electron chi connectivity index (χ1n) is 7.97. The van der Waals surface area contributed by atoms with Crippen molar-refractivity contribution in [2.75, 3.05) is 13.1 Å². The van der Waals surface area contributed by atoms with Crippen LogP contribution < -0.4 is 5.32 Å². The Hall–Kier alpha value is -0.860. The van der Waals surface area contributed by atoms with Crippen molar-refractivity contribution in [3.05, 3.63) is 35.9 Å². The number of nitrogens with one attached hydrogen (secondary N) is 1. The minimum absolute atomic E-state index is 0.745. The molecule has 19 heavy (non-hydrogen) atoms. The van der Waals surface area contributed by atoms with E-state index in [9.17, 15) is 0 Å². The fourth-order valence-corrected chi connectivity index (χ4v) is 4.16. The molecule has 1 aromatic carbocycles. The molecule has 2 heterocycles. The lowest BCUT2D eigenvalue weighted by Crippen LogP contribution is -2.45. The van der Waals surface area contributed by atoms with Gasteiger partial charge in [0, 0.05) is 30.6 Å². The number of hydrogen-bond donors (Lipinski definition) is 1. The van der Waals surface area contributed by atoms with Crippen LogP contribution in [0.15, 0.2) is 30.3 Å². The minimum Gasteiger partial charge on any atom is -0.309 e. The Morgan fingerprint density at radius 3 is 2.74 bits per heavy atom. The van der Waals surface area contributed by atoms with Gasteiger partial charge in [0.2, 0.25) is 0 Å². The lowest BCUT2D eigenvalue weighted by Gasteiger charge is -2.32.